The lowest BCUT2D eigenvalue weighted by Crippen LogP contribution is -2.59. The third kappa shape index (κ3) is 5.08. The van der Waals surface area contributed by atoms with E-state index in [-0.39, 0.29) is 58.2 Å². The van der Waals surface area contributed by atoms with Gasteiger partial charge in [0, 0.05) is 68.7 Å². The van der Waals surface area contributed by atoms with Gasteiger partial charge in [-0.15, -0.1) is 0 Å². The van der Waals surface area contributed by atoms with E-state index in [2.05, 4.69) is 10.4 Å². The van der Waals surface area contributed by atoms with Gasteiger partial charge in [-0.25, -0.2) is 24.8 Å². The number of anilines is 1. The number of nitrogens with two attached hydrogens (primary N) is 4. The van der Waals surface area contributed by atoms with E-state index in [1.807, 2.05) is 0 Å². The van der Waals surface area contributed by atoms with Crippen LogP contribution in [0.15, 0.2) is 73.4 Å². The Bertz CT molecular complexity index is 2470. The molecule has 9 N–H and O–H groups in total. The Hall–Kier alpha value is -5.39. The summed E-state index contributed by atoms with van der Waals surface area (Å²) in [7, 11) is 4.07. The summed E-state index contributed by atoms with van der Waals surface area (Å²) in [5, 5.41) is 1.17. The van der Waals surface area contributed by atoms with Gasteiger partial charge in [0.05, 0.1) is 10.9 Å². The number of fused-ring (bicyclic) bond motifs is 2. The quantitative estimate of drug-likeness (QED) is 0.142. The maximum atomic E-state index is 14.5. The van der Waals surface area contributed by atoms with Crippen LogP contribution in [0.4, 0.5) is 10.2 Å². The molecule has 0 saturated carbocycles. The maximum Gasteiger partial charge on any atom is 0.351 e. The third-order valence-electron chi connectivity index (χ3n) is 8.80. The van der Waals surface area contributed by atoms with E-state index in [0.29, 0.717) is 27.8 Å². The highest BCUT2D eigenvalue weighted by Gasteiger charge is 2.38. The molecule has 0 saturated heterocycles. The Morgan fingerprint density at radius 3 is 2.18 bits per heavy atom. The number of nitrogens with zero attached hydrogens (tertiary/aromatic N) is 6. The summed E-state index contributed by atoms with van der Waals surface area (Å²) in [6.45, 7) is -0.171. The molecule has 49 heavy (non-hydrogen) atoms. The number of hydrazine groups is 1. The standard InChI is InChI=1S/C32H33ClFN11O4/c1-41-28-25(30(47)42(2)31(41)48)23(18-7-5-4-6-15(18)11-35)20(13-37)26(44(28)38)40-45-27-24(29(46)43(3)32(45)49)22(16(12-36)14-39-27)19-10-17(34)8-9-21(19)33/h4-10,14,26,40H,11-13,35-38H2,1-3H3. The first-order chi connectivity index (χ1) is 23.4. The number of aromatic nitrogens is 5. The molecule has 1 aliphatic heterocycles. The molecule has 0 bridgehead atoms. The van der Waals surface area contributed by atoms with Crippen LogP contribution in [0.5, 0.6) is 0 Å². The molecule has 5 aromatic rings. The van der Waals surface area contributed by atoms with Crippen molar-refractivity contribution in [1.29, 1.82) is 0 Å². The molecule has 2 aromatic carbocycles. The molecule has 15 nitrogen and oxygen atoms in total. The monoisotopic (exact) mass is 689 g/mol. The molecule has 0 spiro atoms. The highest BCUT2D eigenvalue weighted by molar-refractivity contribution is 6.33. The second-order valence-electron chi connectivity index (χ2n) is 11.5. The molecule has 0 radical (unpaired) electrons. The molecule has 1 atom stereocenters. The molecular weight excluding hydrogens is 657 g/mol. The van der Waals surface area contributed by atoms with E-state index in [1.54, 1.807) is 24.3 Å². The molecule has 0 aliphatic carbocycles. The summed E-state index contributed by atoms with van der Waals surface area (Å²) in [6, 6.07) is 10.8. The summed E-state index contributed by atoms with van der Waals surface area (Å²) in [4.78, 5) is 59.2. The second-order valence-corrected chi connectivity index (χ2v) is 11.9. The van der Waals surface area contributed by atoms with Crippen LogP contribution in [-0.2, 0) is 34.2 Å². The Kier molecular flexibility index (Phi) is 8.60. The summed E-state index contributed by atoms with van der Waals surface area (Å²) < 4.78 is 18.6. The lowest BCUT2D eigenvalue weighted by atomic mass is 9.86. The van der Waals surface area contributed by atoms with Crippen LogP contribution in [0.25, 0.3) is 27.7 Å². The van der Waals surface area contributed by atoms with Crippen molar-refractivity contribution >= 4 is 34.0 Å². The molecule has 0 fully saturated rings. The second kappa shape index (κ2) is 12.6. The van der Waals surface area contributed by atoms with E-state index < -0.39 is 34.5 Å². The normalized spacial score (nSPS) is 14.5. The fraction of sp³-hybridized carbons (Fsp3) is 0.219. The molecule has 1 unspecified atom stereocenters. The number of halogens is 2. The number of nitrogens with one attached hydrogen (secondary N) is 1. The van der Waals surface area contributed by atoms with Gasteiger partial charge in [-0.3, -0.25) is 33.7 Å². The van der Waals surface area contributed by atoms with Gasteiger partial charge >= 0.3 is 11.4 Å². The van der Waals surface area contributed by atoms with E-state index in [4.69, 9.17) is 34.6 Å². The van der Waals surface area contributed by atoms with Crippen molar-refractivity contribution in [2.24, 2.45) is 44.2 Å². The average molecular weight is 690 g/mol. The van der Waals surface area contributed by atoms with Crippen LogP contribution in [0.3, 0.4) is 0 Å². The first-order valence-electron chi connectivity index (χ1n) is 15.0. The van der Waals surface area contributed by atoms with E-state index in [9.17, 15) is 23.6 Å². The summed E-state index contributed by atoms with van der Waals surface area (Å²) in [5.41, 5.74) is 21.4. The van der Waals surface area contributed by atoms with Crippen molar-refractivity contribution < 1.29 is 4.39 Å². The third-order valence-corrected chi connectivity index (χ3v) is 9.13. The number of rotatable bonds is 7. The van der Waals surface area contributed by atoms with Crippen molar-refractivity contribution in [3.63, 3.8) is 0 Å². The van der Waals surface area contributed by atoms with Gasteiger partial charge in [-0.2, -0.15) is 4.68 Å². The Morgan fingerprint density at radius 2 is 1.51 bits per heavy atom. The first kappa shape index (κ1) is 33.5. The zero-order valence-corrected chi connectivity index (χ0v) is 27.5. The first-order valence-corrected chi connectivity index (χ1v) is 15.4. The van der Waals surface area contributed by atoms with Crippen molar-refractivity contribution in [3.8, 4) is 11.1 Å². The molecule has 1 aliphatic rings. The van der Waals surface area contributed by atoms with Crippen LogP contribution in [0, 0.1) is 5.82 Å². The van der Waals surface area contributed by atoms with Crippen molar-refractivity contribution in [3.05, 3.63) is 129 Å². The van der Waals surface area contributed by atoms with Gasteiger partial charge in [0.15, 0.2) is 11.8 Å². The van der Waals surface area contributed by atoms with Crippen molar-refractivity contribution in [2.45, 2.75) is 19.3 Å². The summed E-state index contributed by atoms with van der Waals surface area (Å²) in [5.74, 6) is 6.15. The highest BCUT2D eigenvalue weighted by Crippen LogP contribution is 2.39. The fourth-order valence-electron chi connectivity index (χ4n) is 6.34. The number of hydrogen-bond donors (Lipinski definition) is 5. The minimum absolute atomic E-state index is 0.0254. The van der Waals surface area contributed by atoms with Crippen LogP contribution in [0.2, 0.25) is 5.02 Å². The maximum absolute atomic E-state index is 14.5. The lowest BCUT2D eigenvalue weighted by Gasteiger charge is -2.39. The summed E-state index contributed by atoms with van der Waals surface area (Å²) >= 11 is 6.51. The Labute approximate surface area is 282 Å². The van der Waals surface area contributed by atoms with Gasteiger partial charge in [0.25, 0.3) is 11.1 Å². The topological polar surface area (TPSA) is 220 Å². The van der Waals surface area contributed by atoms with Crippen LogP contribution >= 0.6 is 11.6 Å². The summed E-state index contributed by atoms with van der Waals surface area (Å²) in [6.07, 6.45) is 0.161. The predicted octanol–water partition coefficient (Wildman–Crippen LogP) is -0.106. The van der Waals surface area contributed by atoms with E-state index in [0.717, 1.165) is 24.9 Å². The number of benzene rings is 2. The molecule has 4 heterocycles. The van der Waals surface area contributed by atoms with Gasteiger partial charge in [-0.1, -0.05) is 35.9 Å². The smallest absolute Gasteiger partial charge is 0.327 e. The van der Waals surface area contributed by atoms with Crippen LogP contribution in [-0.4, -0.2) is 36.1 Å². The zero-order chi connectivity index (χ0) is 35.5. The minimum Gasteiger partial charge on any atom is -0.327 e. The number of pyridine rings is 1. The van der Waals surface area contributed by atoms with Gasteiger partial charge in [0.2, 0.25) is 0 Å². The van der Waals surface area contributed by atoms with Gasteiger partial charge in [0.1, 0.15) is 11.6 Å². The highest BCUT2D eigenvalue weighted by atomic mass is 35.5. The molecule has 254 valence electrons. The molecule has 0 amide bonds. The molecule has 3 aromatic heterocycles. The Morgan fingerprint density at radius 1 is 0.837 bits per heavy atom. The van der Waals surface area contributed by atoms with Gasteiger partial charge in [-0.05, 0) is 40.5 Å². The zero-order valence-electron chi connectivity index (χ0n) is 26.7. The molecule has 6 rings (SSSR count). The average Bonchev–Trinajstić information content (AvgIpc) is 3.11. The number of hydrogen-bond acceptors (Lipinski definition) is 11. The predicted molar refractivity (Wildman–Crippen MR) is 186 cm³/mol. The van der Waals surface area contributed by atoms with Crippen LogP contribution in [0.1, 0.15) is 22.3 Å². The van der Waals surface area contributed by atoms with Gasteiger partial charge < -0.3 is 17.2 Å². The largest absolute Gasteiger partial charge is 0.351 e. The lowest BCUT2D eigenvalue weighted by molar-refractivity contribution is 0.583. The fourth-order valence-corrected chi connectivity index (χ4v) is 6.56. The van der Waals surface area contributed by atoms with Crippen molar-refractivity contribution in [1.82, 2.24) is 23.4 Å². The van der Waals surface area contributed by atoms with Crippen LogP contribution < -0.4 is 56.0 Å². The Balaban J connectivity index is 1.71. The van der Waals surface area contributed by atoms with E-state index in [1.165, 1.54) is 44.0 Å². The molecule has 17 heteroatoms. The van der Waals surface area contributed by atoms with Crippen molar-refractivity contribution in [2.75, 3.05) is 17.0 Å². The van der Waals surface area contributed by atoms with E-state index >= 15 is 0 Å². The molecular formula is C32H33ClFN11O4. The minimum atomic E-state index is -1.20. The SMILES string of the molecule is Cn1c2c(c(=O)n(C)c1=O)C(c1ccccc1CN)=C(CN)C(Nn1c(=O)n(C)c(=O)c3c(-c4cc(F)ccc4Cl)c(CN)cnc31)N2N.